The Bertz CT molecular complexity index is 532. The van der Waals surface area contributed by atoms with Crippen molar-refractivity contribution in [1.82, 2.24) is 4.72 Å². The van der Waals surface area contributed by atoms with E-state index in [1.54, 1.807) is 6.07 Å². The van der Waals surface area contributed by atoms with Crippen LogP contribution in [-0.2, 0) is 14.8 Å². The molecule has 0 heterocycles. The number of sulfonamides is 1. The van der Waals surface area contributed by atoms with E-state index in [9.17, 15) is 8.42 Å². The average molecular weight is 321 g/mol. The molecule has 3 N–H and O–H groups in total. The van der Waals surface area contributed by atoms with Crippen molar-refractivity contribution in [2.24, 2.45) is 0 Å². The Labute approximate surface area is 125 Å². The van der Waals surface area contributed by atoms with Gasteiger partial charge in [0.25, 0.3) is 0 Å². The van der Waals surface area contributed by atoms with Gasteiger partial charge in [0, 0.05) is 18.2 Å². The Hall–Kier alpha value is -0.820. The number of hydrogen-bond acceptors (Lipinski definition) is 4. The second kappa shape index (κ2) is 7.83. The van der Waals surface area contributed by atoms with Crippen molar-refractivity contribution in [2.75, 3.05) is 18.9 Å². The van der Waals surface area contributed by atoms with Crippen molar-refractivity contribution < 1.29 is 13.2 Å². The summed E-state index contributed by atoms with van der Waals surface area (Å²) in [5, 5.41) is 0.338. The fraction of sp³-hybridized carbons (Fsp3) is 0.538. The highest BCUT2D eigenvalue weighted by Crippen LogP contribution is 2.22. The summed E-state index contributed by atoms with van der Waals surface area (Å²) in [7, 11) is -3.62. The molecule has 20 heavy (non-hydrogen) atoms. The van der Waals surface area contributed by atoms with Gasteiger partial charge in [-0.1, -0.05) is 11.6 Å². The van der Waals surface area contributed by atoms with Gasteiger partial charge in [0.2, 0.25) is 10.0 Å². The first-order chi connectivity index (χ1) is 9.33. The van der Waals surface area contributed by atoms with Crippen LogP contribution in [0.25, 0.3) is 0 Å². The quantitative estimate of drug-likeness (QED) is 0.569. The molecule has 0 aliphatic heterocycles. The van der Waals surface area contributed by atoms with E-state index in [0.717, 1.165) is 6.42 Å². The predicted octanol–water partition coefficient (Wildman–Crippen LogP) is 2.41. The summed E-state index contributed by atoms with van der Waals surface area (Å²) in [5.74, 6) is 0. The third-order valence-electron chi connectivity index (χ3n) is 2.58. The molecule has 0 spiro atoms. The predicted molar refractivity (Wildman–Crippen MR) is 81.4 cm³/mol. The number of nitrogens with two attached hydrogens (primary N) is 1. The van der Waals surface area contributed by atoms with E-state index in [1.165, 1.54) is 12.1 Å². The molecule has 0 atom stereocenters. The Morgan fingerprint density at radius 2 is 2.05 bits per heavy atom. The number of anilines is 1. The Kier molecular flexibility index (Phi) is 6.75. The molecule has 0 saturated heterocycles. The van der Waals surface area contributed by atoms with Gasteiger partial charge in [-0.25, -0.2) is 13.1 Å². The maximum absolute atomic E-state index is 12.1. The minimum Gasteiger partial charge on any atom is -0.398 e. The minimum atomic E-state index is -3.62. The number of benzene rings is 1. The molecule has 0 aliphatic carbocycles. The Morgan fingerprint density at radius 3 is 2.70 bits per heavy atom. The third kappa shape index (κ3) is 5.66. The van der Waals surface area contributed by atoms with Gasteiger partial charge < -0.3 is 10.5 Å². The van der Waals surface area contributed by atoms with Crippen LogP contribution in [0, 0.1) is 0 Å². The first kappa shape index (κ1) is 17.2. The van der Waals surface area contributed by atoms with Gasteiger partial charge in [-0.15, -0.1) is 0 Å². The molecule has 114 valence electrons. The van der Waals surface area contributed by atoms with Crippen molar-refractivity contribution in [3.8, 4) is 0 Å². The molecular weight excluding hydrogens is 300 g/mol. The third-order valence-corrected chi connectivity index (χ3v) is 4.33. The highest BCUT2D eigenvalue weighted by atomic mass is 35.5. The van der Waals surface area contributed by atoms with E-state index in [1.807, 2.05) is 13.8 Å². The topological polar surface area (TPSA) is 81.4 Å². The molecular formula is C13H21ClN2O3S. The van der Waals surface area contributed by atoms with Gasteiger partial charge in [0.05, 0.1) is 11.8 Å². The largest absolute Gasteiger partial charge is 0.398 e. The standard InChI is InChI=1S/C13H21ClN2O3S/c1-10(2)19-8-4-3-7-16-20(17,18)13-9-11(14)5-6-12(13)15/h5-6,9-10,16H,3-4,7-8,15H2,1-2H3. The summed E-state index contributed by atoms with van der Waals surface area (Å²) in [6, 6.07) is 4.38. The van der Waals surface area contributed by atoms with E-state index in [4.69, 9.17) is 22.1 Å². The van der Waals surface area contributed by atoms with Gasteiger partial charge >= 0.3 is 0 Å². The second-order valence-electron chi connectivity index (χ2n) is 4.71. The van der Waals surface area contributed by atoms with Crippen LogP contribution in [0.4, 0.5) is 5.69 Å². The van der Waals surface area contributed by atoms with Crippen LogP contribution >= 0.6 is 11.6 Å². The molecule has 7 heteroatoms. The molecule has 0 fully saturated rings. The lowest BCUT2D eigenvalue weighted by atomic mass is 10.3. The van der Waals surface area contributed by atoms with Gasteiger partial charge in [-0.2, -0.15) is 0 Å². The number of nitrogen functional groups attached to an aromatic ring is 1. The van der Waals surface area contributed by atoms with Crippen LogP contribution < -0.4 is 10.5 Å². The summed E-state index contributed by atoms with van der Waals surface area (Å²) in [5.41, 5.74) is 5.85. The molecule has 1 rings (SSSR count). The Balaban J connectivity index is 2.48. The van der Waals surface area contributed by atoms with Crippen LogP contribution in [0.15, 0.2) is 23.1 Å². The summed E-state index contributed by atoms with van der Waals surface area (Å²) in [6.07, 6.45) is 1.69. The molecule has 0 aliphatic rings. The highest BCUT2D eigenvalue weighted by molar-refractivity contribution is 7.89. The molecule has 0 aromatic heterocycles. The number of unbranched alkanes of at least 4 members (excludes halogenated alkanes) is 1. The maximum atomic E-state index is 12.1. The number of ether oxygens (including phenoxy) is 1. The second-order valence-corrected chi connectivity index (χ2v) is 6.88. The van der Waals surface area contributed by atoms with Crippen LogP contribution in [0.5, 0.6) is 0 Å². The van der Waals surface area contributed by atoms with E-state index >= 15 is 0 Å². The van der Waals surface area contributed by atoms with E-state index in [2.05, 4.69) is 4.72 Å². The number of halogens is 1. The normalized spacial score (nSPS) is 12.0. The molecule has 0 radical (unpaired) electrons. The first-order valence-electron chi connectivity index (χ1n) is 6.49. The summed E-state index contributed by atoms with van der Waals surface area (Å²) >= 11 is 5.79. The molecule has 1 aromatic rings. The lowest BCUT2D eigenvalue weighted by molar-refractivity contribution is 0.0762. The van der Waals surface area contributed by atoms with Crippen molar-refractivity contribution in [1.29, 1.82) is 0 Å². The Morgan fingerprint density at radius 1 is 1.35 bits per heavy atom. The average Bonchev–Trinajstić information content (AvgIpc) is 2.36. The van der Waals surface area contributed by atoms with Crippen LogP contribution in [0.1, 0.15) is 26.7 Å². The van der Waals surface area contributed by atoms with Gasteiger partial charge in [-0.05, 0) is 44.9 Å². The summed E-state index contributed by atoms with van der Waals surface area (Å²) in [6.45, 7) is 4.89. The smallest absolute Gasteiger partial charge is 0.242 e. The zero-order valence-corrected chi connectivity index (χ0v) is 13.3. The number of rotatable bonds is 8. The lowest BCUT2D eigenvalue weighted by Gasteiger charge is -2.10. The van der Waals surface area contributed by atoms with Gasteiger partial charge in [0.1, 0.15) is 4.90 Å². The fourth-order valence-electron chi connectivity index (χ4n) is 1.57. The van der Waals surface area contributed by atoms with Crippen LogP contribution in [-0.4, -0.2) is 27.7 Å². The minimum absolute atomic E-state index is 0.0171. The molecule has 0 amide bonds. The SMILES string of the molecule is CC(C)OCCCCNS(=O)(=O)c1cc(Cl)ccc1N. The summed E-state index contributed by atoms with van der Waals surface area (Å²) in [4.78, 5) is 0.0171. The van der Waals surface area contributed by atoms with Crippen molar-refractivity contribution in [3.05, 3.63) is 23.2 Å². The lowest BCUT2D eigenvalue weighted by Crippen LogP contribution is -2.26. The summed E-state index contributed by atoms with van der Waals surface area (Å²) < 4.78 is 32.0. The van der Waals surface area contributed by atoms with Crippen LogP contribution in [0.2, 0.25) is 5.02 Å². The van der Waals surface area contributed by atoms with E-state index in [0.29, 0.717) is 24.6 Å². The highest BCUT2D eigenvalue weighted by Gasteiger charge is 2.17. The molecule has 1 aromatic carbocycles. The van der Waals surface area contributed by atoms with E-state index < -0.39 is 10.0 Å². The van der Waals surface area contributed by atoms with Crippen molar-refractivity contribution >= 4 is 27.3 Å². The molecule has 0 unspecified atom stereocenters. The molecule has 0 saturated carbocycles. The van der Waals surface area contributed by atoms with Gasteiger partial charge in [0.15, 0.2) is 0 Å². The van der Waals surface area contributed by atoms with Crippen molar-refractivity contribution in [2.45, 2.75) is 37.7 Å². The monoisotopic (exact) mass is 320 g/mol. The number of hydrogen-bond donors (Lipinski definition) is 2. The molecule has 0 bridgehead atoms. The van der Waals surface area contributed by atoms with Crippen LogP contribution in [0.3, 0.4) is 0 Å². The van der Waals surface area contributed by atoms with Crippen molar-refractivity contribution in [3.63, 3.8) is 0 Å². The molecule has 5 nitrogen and oxygen atoms in total. The fourth-order valence-corrected chi connectivity index (χ4v) is 3.04. The zero-order chi connectivity index (χ0) is 15.2. The van der Waals surface area contributed by atoms with E-state index in [-0.39, 0.29) is 16.7 Å². The number of nitrogens with one attached hydrogen (secondary N) is 1. The zero-order valence-electron chi connectivity index (χ0n) is 11.7. The first-order valence-corrected chi connectivity index (χ1v) is 8.35. The van der Waals surface area contributed by atoms with Gasteiger partial charge in [-0.3, -0.25) is 0 Å². The maximum Gasteiger partial charge on any atom is 0.242 e.